The van der Waals surface area contributed by atoms with Gasteiger partial charge < -0.3 is 11.1 Å². The maximum absolute atomic E-state index is 12.2. The Labute approximate surface area is 125 Å². The van der Waals surface area contributed by atoms with Crippen molar-refractivity contribution in [3.63, 3.8) is 0 Å². The molecule has 2 aromatic rings. The van der Waals surface area contributed by atoms with E-state index in [1.54, 1.807) is 30.3 Å². The Morgan fingerprint density at radius 1 is 1.20 bits per heavy atom. The van der Waals surface area contributed by atoms with E-state index in [0.717, 1.165) is 0 Å². The molecule has 6 heteroatoms. The van der Waals surface area contributed by atoms with Crippen LogP contribution in [0.2, 0.25) is 10.0 Å². The van der Waals surface area contributed by atoms with Crippen molar-refractivity contribution in [3.8, 4) is 6.07 Å². The van der Waals surface area contributed by atoms with Crippen molar-refractivity contribution in [3.05, 3.63) is 57.6 Å². The summed E-state index contributed by atoms with van der Waals surface area (Å²) in [7, 11) is 0. The average Bonchev–Trinajstić information content (AvgIpc) is 2.40. The molecule has 100 valence electrons. The Balaban J connectivity index is 2.36. The number of nitrogen functional groups attached to an aromatic ring is 1. The number of anilines is 2. The highest BCUT2D eigenvalue weighted by atomic mass is 35.5. The molecule has 2 rings (SSSR count). The predicted molar refractivity (Wildman–Crippen MR) is 80.0 cm³/mol. The fraction of sp³-hybridized carbons (Fsp3) is 0. The summed E-state index contributed by atoms with van der Waals surface area (Å²) < 4.78 is 0. The number of hydrogen-bond acceptors (Lipinski definition) is 3. The second-order valence-electron chi connectivity index (χ2n) is 3.97. The zero-order valence-corrected chi connectivity index (χ0v) is 11.7. The van der Waals surface area contributed by atoms with Crippen LogP contribution in [0.3, 0.4) is 0 Å². The van der Waals surface area contributed by atoms with Crippen molar-refractivity contribution < 1.29 is 4.79 Å². The summed E-state index contributed by atoms with van der Waals surface area (Å²) in [6, 6.07) is 11.4. The SMILES string of the molecule is N#Cc1cc(N)ccc1NC(=O)c1c(Cl)cccc1Cl. The summed E-state index contributed by atoms with van der Waals surface area (Å²) in [5.74, 6) is -0.484. The van der Waals surface area contributed by atoms with Gasteiger partial charge in [-0.05, 0) is 30.3 Å². The second kappa shape index (κ2) is 5.83. The van der Waals surface area contributed by atoms with Gasteiger partial charge in [-0.15, -0.1) is 0 Å². The number of carbonyl (C=O) groups is 1. The van der Waals surface area contributed by atoms with Gasteiger partial charge in [-0.25, -0.2) is 0 Å². The van der Waals surface area contributed by atoms with Crippen LogP contribution in [-0.2, 0) is 0 Å². The summed E-state index contributed by atoms with van der Waals surface area (Å²) in [5.41, 5.74) is 6.81. The quantitative estimate of drug-likeness (QED) is 0.830. The largest absolute Gasteiger partial charge is 0.399 e. The highest BCUT2D eigenvalue weighted by Crippen LogP contribution is 2.26. The first-order valence-electron chi connectivity index (χ1n) is 5.58. The molecular weight excluding hydrogens is 297 g/mol. The smallest absolute Gasteiger partial charge is 0.258 e. The zero-order chi connectivity index (χ0) is 14.7. The van der Waals surface area contributed by atoms with E-state index in [9.17, 15) is 4.79 Å². The normalized spacial score (nSPS) is 9.85. The van der Waals surface area contributed by atoms with Gasteiger partial charge in [0.15, 0.2) is 0 Å². The monoisotopic (exact) mass is 305 g/mol. The molecule has 0 saturated heterocycles. The van der Waals surface area contributed by atoms with E-state index < -0.39 is 5.91 Å². The third-order valence-corrected chi connectivity index (χ3v) is 3.23. The molecule has 0 aliphatic carbocycles. The van der Waals surface area contributed by atoms with Gasteiger partial charge in [-0.3, -0.25) is 4.79 Å². The van der Waals surface area contributed by atoms with Gasteiger partial charge >= 0.3 is 0 Å². The Bertz CT molecular complexity index is 703. The lowest BCUT2D eigenvalue weighted by Crippen LogP contribution is -2.14. The number of nitriles is 1. The predicted octanol–water partition coefficient (Wildman–Crippen LogP) is 3.70. The molecule has 4 nitrogen and oxygen atoms in total. The summed E-state index contributed by atoms with van der Waals surface area (Å²) in [6.07, 6.45) is 0. The van der Waals surface area contributed by atoms with Crippen molar-refractivity contribution in [2.24, 2.45) is 0 Å². The molecule has 0 aliphatic rings. The van der Waals surface area contributed by atoms with E-state index >= 15 is 0 Å². The zero-order valence-electron chi connectivity index (χ0n) is 10.2. The summed E-state index contributed by atoms with van der Waals surface area (Å²) in [4.78, 5) is 12.2. The van der Waals surface area contributed by atoms with Crippen LogP contribution in [0.1, 0.15) is 15.9 Å². The van der Waals surface area contributed by atoms with Crippen molar-refractivity contribution in [1.29, 1.82) is 5.26 Å². The van der Waals surface area contributed by atoms with E-state index in [0.29, 0.717) is 11.4 Å². The Morgan fingerprint density at radius 3 is 2.45 bits per heavy atom. The van der Waals surface area contributed by atoms with Crippen LogP contribution < -0.4 is 11.1 Å². The van der Waals surface area contributed by atoms with Gasteiger partial charge in [0.2, 0.25) is 0 Å². The van der Waals surface area contributed by atoms with E-state index in [1.807, 2.05) is 6.07 Å². The molecule has 2 aromatic carbocycles. The molecule has 0 radical (unpaired) electrons. The molecule has 0 saturated carbocycles. The van der Waals surface area contributed by atoms with E-state index in [1.165, 1.54) is 6.07 Å². The first kappa shape index (κ1) is 14.2. The number of rotatable bonds is 2. The van der Waals surface area contributed by atoms with Crippen LogP contribution in [0, 0.1) is 11.3 Å². The minimum atomic E-state index is -0.484. The molecule has 0 aliphatic heterocycles. The van der Waals surface area contributed by atoms with Crippen LogP contribution in [-0.4, -0.2) is 5.91 Å². The molecule has 0 atom stereocenters. The minimum Gasteiger partial charge on any atom is -0.399 e. The van der Waals surface area contributed by atoms with Crippen LogP contribution in [0.15, 0.2) is 36.4 Å². The van der Waals surface area contributed by atoms with E-state index in [4.69, 9.17) is 34.2 Å². The fourth-order valence-electron chi connectivity index (χ4n) is 1.66. The highest BCUT2D eigenvalue weighted by Gasteiger charge is 2.16. The minimum absolute atomic E-state index is 0.163. The third-order valence-electron chi connectivity index (χ3n) is 2.60. The first-order valence-corrected chi connectivity index (χ1v) is 6.33. The van der Waals surface area contributed by atoms with Gasteiger partial charge in [-0.1, -0.05) is 29.3 Å². The third kappa shape index (κ3) is 2.85. The number of nitrogens with one attached hydrogen (secondary N) is 1. The number of halogens is 2. The Kier molecular flexibility index (Phi) is 4.14. The van der Waals surface area contributed by atoms with Gasteiger partial charge in [0.1, 0.15) is 6.07 Å². The lowest BCUT2D eigenvalue weighted by Gasteiger charge is -2.10. The molecule has 1 amide bonds. The average molecular weight is 306 g/mol. The van der Waals surface area contributed by atoms with Crippen molar-refractivity contribution in [1.82, 2.24) is 0 Å². The lowest BCUT2D eigenvalue weighted by molar-refractivity contribution is 0.102. The molecule has 0 fully saturated rings. The van der Waals surface area contributed by atoms with Gasteiger partial charge in [0.05, 0.1) is 26.9 Å². The summed E-state index contributed by atoms with van der Waals surface area (Å²) >= 11 is 11.9. The molecule has 0 bridgehead atoms. The standard InChI is InChI=1S/C14H9Cl2N3O/c15-10-2-1-3-11(16)13(10)14(20)19-12-5-4-9(18)6-8(12)7-17/h1-6H,18H2,(H,19,20). The van der Waals surface area contributed by atoms with E-state index in [2.05, 4.69) is 5.32 Å². The van der Waals surface area contributed by atoms with Crippen molar-refractivity contribution >= 4 is 40.5 Å². The van der Waals surface area contributed by atoms with Gasteiger partial charge in [-0.2, -0.15) is 5.26 Å². The molecule has 0 spiro atoms. The topological polar surface area (TPSA) is 78.9 Å². The highest BCUT2D eigenvalue weighted by molar-refractivity contribution is 6.40. The van der Waals surface area contributed by atoms with Crippen LogP contribution >= 0.6 is 23.2 Å². The number of hydrogen-bond donors (Lipinski definition) is 2. The summed E-state index contributed by atoms with van der Waals surface area (Å²) in [6.45, 7) is 0. The van der Waals surface area contributed by atoms with E-state index in [-0.39, 0.29) is 21.2 Å². The Hall–Kier alpha value is -2.22. The van der Waals surface area contributed by atoms with Gasteiger partial charge in [0, 0.05) is 5.69 Å². The molecule has 0 aromatic heterocycles. The van der Waals surface area contributed by atoms with Gasteiger partial charge in [0.25, 0.3) is 5.91 Å². The lowest BCUT2D eigenvalue weighted by atomic mass is 10.1. The molecular formula is C14H9Cl2N3O. The van der Waals surface area contributed by atoms with Crippen molar-refractivity contribution in [2.45, 2.75) is 0 Å². The number of carbonyl (C=O) groups excluding carboxylic acids is 1. The van der Waals surface area contributed by atoms with Crippen LogP contribution in [0.4, 0.5) is 11.4 Å². The molecule has 3 N–H and O–H groups in total. The maximum atomic E-state index is 12.2. The molecule has 0 heterocycles. The van der Waals surface area contributed by atoms with Crippen molar-refractivity contribution in [2.75, 3.05) is 11.1 Å². The number of amides is 1. The first-order chi connectivity index (χ1) is 9.52. The Morgan fingerprint density at radius 2 is 1.85 bits per heavy atom. The van der Waals surface area contributed by atoms with Crippen LogP contribution in [0.5, 0.6) is 0 Å². The fourth-order valence-corrected chi connectivity index (χ4v) is 2.23. The molecule has 20 heavy (non-hydrogen) atoms. The molecule has 0 unspecified atom stereocenters. The maximum Gasteiger partial charge on any atom is 0.258 e. The number of nitrogens with two attached hydrogens (primary N) is 1. The summed E-state index contributed by atoms with van der Waals surface area (Å²) in [5, 5.41) is 12.1. The second-order valence-corrected chi connectivity index (χ2v) is 4.78. The number of nitrogens with zero attached hydrogens (tertiary/aromatic N) is 1. The number of benzene rings is 2. The van der Waals surface area contributed by atoms with Crippen LogP contribution in [0.25, 0.3) is 0 Å².